The first-order valence-electron chi connectivity index (χ1n) is 11.9. The molecule has 188 valence electrons. The maximum absolute atomic E-state index is 13.9. The number of aromatic nitrogens is 2. The summed E-state index contributed by atoms with van der Waals surface area (Å²) in [5.74, 6) is -0.140. The molecule has 2 heterocycles. The molecule has 0 bridgehead atoms. The van der Waals surface area contributed by atoms with Gasteiger partial charge in [0.2, 0.25) is 0 Å². The number of pyridine rings is 2. The lowest BCUT2D eigenvalue weighted by Crippen LogP contribution is -2.22. The van der Waals surface area contributed by atoms with Crippen LogP contribution in [0.15, 0.2) is 36.5 Å². The molecule has 0 radical (unpaired) electrons. The smallest absolute Gasteiger partial charge is 0.341 e. The van der Waals surface area contributed by atoms with E-state index in [9.17, 15) is 9.18 Å². The molecule has 2 atom stereocenters. The van der Waals surface area contributed by atoms with Crippen LogP contribution in [0.1, 0.15) is 62.5 Å². The van der Waals surface area contributed by atoms with E-state index in [1.807, 2.05) is 13.8 Å². The zero-order chi connectivity index (χ0) is 25.4. The molecule has 35 heavy (non-hydrogen) atoms. The Kier molecular flexibility index (Phi) is 9.63. The minimum atomic E-state index is -0.487. The van der Waals surface area contributed by atoms with Crippen molar-refractivity contribution in [3.05, 3.63) is 58.6 Å². The van der Waals surface area contributed by atoms with Gasteiger partial charge in [0.15, 0.2) is 0 Å². The van der Waals surface area contributed by atoms with Crippen LogP contribution in [0.2, 0.25) is 5.15 Å². The van der Waals surface area contributed by atoms with E-state index < -0.39 is 5.97 Å². The van der Waals surface area contributed by atoms with Crippen molar-refractivity contribution in [3.63, 3.8) is 0 Å². The van der Waals surface area contributed by atoms with Gasteiger partial charge < -0.3 is 20.1 Å². The standard InChI is InChI=1S/C26H32ClFN4O3/c1-5-12-29-17(4)19-14-18(28)7-9-22(19)35-13-11-16(3)31-24-20(26(33)34-6-2)15-30-21-8-10-23(27)32-25(21)24/h7-10,14-17,29H,5-6,11-13H2,1-4H3,(H,30,31)/t16-,17-/m1/s1. The third kappa shape index (κ3) is 7.02. The van der Waals surface area contributed by atoms with E-state index in [0.717, 1.165) is 18.5 Å². The lowest BCUT2D eigenvalue weighted by atomic mass is 10.1. The van der Waals surface area contributed by atoms with Crippen LogP contribution in [0, 0.1) is 5.82 Å². The van der Waals surface area contributed by atoms with Crippen molar-refractivity contribution in [2.75, 3.05) is 25.1 Å². The number of carbonyl (C=O) groups excluding carboxylic acids is 1. The normalized spacial score (nSPS) is 12.9. The van der Waals surface area contributed by atoms with Crippen LogP contribution < -0.4 is 15.4 Å². The third-order valence-electron chi connectivity index (χ3n) is 5.51. The number of esters is 1. The van der Waals surface area contributed by atoms with Gasteiger partial charge in [0, 0.05) is 30.3 Å². The second-order valence-corrected chi connectivity index (χ2v) is 8.70. The van der Waals surface area contributed by atoms with Crippen LogP contribution in [0.25, 0.3) is 11.0 Å². The third-order valence-corrected chi connectivity index (χ3v) is 5.72. The monoisotopic (exact) mass is 502 g/mol. The van der Waals surface area contributed by atoms with Crippen molar-refractivity contribution in [2.45, 2.75) is 52.6 Å². The summed E-state index contributed by atoms with van der Waals surface area (Å²) in [6.45, 7) is 9.26. The van der Waals surface area contributed by atoms with Gasteiger partial charge in [-0.15, -0.1) is 0 Å². The average Bonchev–Trinajstić information content (AvgIpc) is 2.83. The van der Waals surface area contributed by atoms with Crippen molar-refractivity contribution < 1.29 is 18.7 Å². The summed E-state index contributed by atoms with van der Waals surface area (Å²) in [5, 5.41) is 7.04. The predicted molar refractivity (Wildman–Crippen MR) is 137 cm³/mol. The highest BCUT2D eigenvalue weighted by atomic mass is 35.5. The van der Waals surface area contributed by atoms with E-state index >= 15 is 0 Å². The Morgan fingerprint density at radius 2 is 2.00 bits per heavy atom. The van der Waals surface area contributed by atoms with Crippen molar-refractivity contribution >= 4 is 34.3 Å². The second kappa shape index (κ2) is 12.7. The van der Waals surface area contributed by atoms with E-state index in [-0.39, 0.29) is 24.5 Å². The molecule has 7 nitrogen and oxygen atoms in total. The molecule has 0 unspecified atom stereocenters. The Hall–Kier alpha value is -2.97. The molecule has 2 aromatic heterocycles. The summed E-state index contributed by atoms with van der Waals surface area (Å²) in [4.78, 5) is 21.3. The number of hydrogen-bond donors (Lipinski definition) is 2. The number of carbonyl (C=O) groups is 1. The van der Waals surface area contributed by atoms with Gasteiger partial charge in [-0.25, -0.2) is 14.2 Å². The van der Waals surface area contributed by atoms with Gasteiger partial charge in [-0.05, 0) is 64.1 Å². The number of benzene rings is 1. The zero-order valence-electron chi connectivity index (χ0n) is 20.5. The average molecular weight is 503 g/mol. The highest BCUT2D eigenvalue weighted by Gasteiger charge is 2.20. The fraction of sp³-hybridized carbons (Fsp3) is 0.423. The minimum Gasteiger partial charge on any atom is -0.493 e. The summed E-state index contributed by atoms with van der Waals surface area (Å²) in [7, 11) is 0. The fourth-order valence-corrected chi connectivity index (χ4v) is 3.82. The molecule has 0 spiro atoms. The molecule has 2 N–H and O–H groups in total. The lowest BCUT2D eigenvalue weighted by Gasteiger charge is -2.21. The van der Waals surface area contributed by atoms with Crippen LogP contribution in [-0.4, -0.2) is 41.7 Å². The van der Waals surface area contributed by atoms with Gasteiger partial charge >= 0.3 is 5.97 Å². The SMILES string of the molecule is CCCN[C@H](C)c1cc(F)ccc1OCC[C@@H](C)Nc1c(C(=O)OCC)cnc2ccc(Cl)nc12. The van der Waals surface area contributed by atoms with Gasteiger partial charge in [0.05, 0.1) is 24.4 Å². The van der Waals surface area contributed by atoms with Crippen molar-refractivity contribution in [2.24, 2.45) is 0 Å². The molecule has 0 saturated heterocycles. The molecular weight excluding hydrogens is 471 g/mol. The Morgan fingerprint density at radius 1 is 1.20 bits per heavy atom. The number of halogens is 2. The number of anilines is 1. The van der Waals surface area contributed by atoms with Crippen molar-refractivity contribution in [1.29, 1.82) is 0 Å². The summed E-state index contributed by atoms with van der Waals surface area (Å²) in [6, 6.07) is 7.84. The van der Waals surface area contributed by atoms with Gasteiger partial charge in [-0.2, -0.15) is 0 Å². The van der Waals surface area contributed by atoms with Gasteiger partial charge in [-0.3, -0.25) is 4.98 Å². The highest BCUT2D eigenvalue weighted by molar-refractivity contribution is 6.29. The highest BCUT2D eigenvalue weighted by Crippen LogP contribution is 2.29. The van der Waals surface area contributed by atoms with Gasteiger partial charge in [0.25, 0.3) is 0 Å². The van der Waals surface area contributed by atoms with E-state index in [1.54, 1.807) is 25.1 Å². The number of fused-ring (bicyclic) bond motifs is 1. The number of hydrogen-bond acceptors (Lipinski definition) is 7. The van der Waals surface area contributed by atoms with Crippen LogP contribution in [0.4, 0.5) is 10.1 Å². The summed E-state index contributed by atoms with van der Waals surface area (Å²) >= 11 is 6.12. The topological polar surface area (TPSA) is 85.4 Å². The number of nitrogens with zero attached hydrogens (tertiary/aromatic N) is 2. The quantitative estimate of drug-likeness (QED) is 0.234. The lowest BCUT2D eigenvalue weighted by molar-refractivity contribution is 0.0527. The van der Waals surface area contributed by atoms with Crippen LogP contribution in [-0.2, 0) is 4.74 Å². The molecule has 9 heteroatoms. The molecular formula is C26H32ClFN4O3. The first kappa shape index (κ1) is 26.6. The number of rotatable bonds is 12. The summed E-state index contributed by atoms with van der Waals surface area (Å²) in [5.41, 5.74) is 2.69. The number of ether oxygens (including phenoxy) is 2. The van der Waals surface area contributed by atoms with E-state index in [1.165, 1.54) is 18.3 Å². The largest absolute Gasteiger partial charge is 0.493 e. The number of nitrogens with one attached hydrogen (secondary N) is 2. The minimum absolute atomic E-state index is 0.0395. The molecule has 0 aliphatic carbocycles. The van der Waals surface area contributed by atoms with E-state index in [4.69, 9.17) is 21.1 Å². The van der Waals surface area contributed by atoms with Crippen LogP contribution in [0.5, 0.6) is 5.75 Å². The van der Waals surface area contributed by atoms with Gasteiger partial charge in [0.1, 0.15) is 27.8 Å². The Bertz CT molecular complexity index is 1160. The predicted octanol–water partition coefficient (Wildman–Crippen LogP) is 5.93. The summed E-state index contributed by atoms with van der Waals surface area (Å²) < 4.78 is 25.1. The zero-order valence-corrected chi connectivity index (χ0v) is 21.3. The molecule has 3 rings (SSSR count). The Morgan fingerprint density at radius 3 is 2.74 bits per heavy atom. The molecule has 3 aromatic rings. The first-order chi connectivity index (χ1) is 16.8. The van der Waals surface area contributed by atoms with Gasteiger partial charge in [-0.1, -0.05) is 18.5 Å². The molecule has 0 fully saturated rings. The van der Waals surface area contributed by atoms with E-state index in [2.05, 4.69) is 27.5 Å². The van der Waals surface area contributed by atoms with Crippen LogP contribution in [0.3, 0.4) is 0 Å². The molecule has 1 aromatic carbocycles. The van der Waals surface area contributed by atoms with Crippen LogP contribution >= 0.6 is 11.6 Å². The first-order valence-corrected chi connectivity index (χ1v) is 12.3. The fourth-order valence-electron chi connectivity index (χ4n) is 3.68. The second-order valence-electron chi connectivity index (χ2n) is 8.31. The molecule has 0 aliphatic rings. The molecule has 0 saturated carbocycles. The maximum atomic E-state index is 13.9. The van der Waals surface area contributed by atoms with Crippen molar-refractivity contribution in [1.82, 2.24) is 15.3 Å². The summed E-state index contributed by atoms with van der Waals surface area (Å²) in [6.07, 6.45) is 3.08. The Labute approximate surface area is 210 Å². The molecule has 0 amide bonds. The Balaban J connectivity index is 1.74. The molecule has 0 aliphatic heterocycles. The maximum Gasteiger partial charge on any atom is 0.341 e. The van der Waals surface area contributed by atoms with E-state index in [0.29, 0.717) is 46.2 Å². The van der Waals surface area contributed by atoms with Crippen molar-refractivity contribution in [3.8, 4) is 5.75 Å².